The van der Waals surface area contributed by atoms with Crippen LogP contribution in [-0.2, 0) is 0 Å². The highest BCUT2D eigenvalue weighted by Gasteiger charge is 2.38. The number of hydrogen-bond donors (Lipinski definition) is 1. The van der Waals surface area contributed by atoms with E-state index in [-0.39, 0.29) is 28.1 Å². The highest BCUT2D eigenvalue weighted by atomic mass is 35.5. The van der Waals surface area contributed by atoms with E-state index in [0.717, 1.165) is 0 Å². The average Bonchev–Trinajstić information content (AvgIpc) is 3.08. The van der Waals surface area contributed by atoms with Gasteiger partial charge in [0.2, 0.25) is 5.78 Å². The van der Waals surface area contributed by atoms with E-state index in [9.17, 15) is 14.4 Å². The van der Waals surface area contributed by atoms with Gasteiger partial charge in [0, 0.05) is 23.1 Å². The number of fused-ring (bicyclic) bond motifs is 4. The summed E-state index contributed by atoms with van der Waals surface area (Å²) in [5, 5.41) is 3.24. The van der Waals surface area contributed by atoms with Gasteiger partial charge in [0.25, 0.3) is 5.91 Å². The second-order valence-electron chi connectivity index (χ2n) is 6.58. The molecule has 0 spiro atoms. The Balaban J connectivity index is 1.74. The summed E-state index contributed by atoms with van der Waals surface area (Å²) in [6.07, 6.45) is 3.13. The molecule has 1 amide bonds. The van der Waals surface area contributed by atoms with Crippen molar-refractivity contribution in [2.45, 2.75) is 0 Å². The van der Waals surface area contributed by atoms with E-state index in [1.807, 2.05) is 0 Å². The number of hydrogen-bond acceptors (Lipinski definition) is 4. The van der Waals surface area contributed by atoms with Crippen LogP contribution in [0.4, 0.5) is 5.69 Å². The number of nitrogens with one attached hydrogen (secondary N) is 1. The minimum absolute atomic E-state index is 0.0845. The third-order valence-corrected chi connectivity index (χ3v) is 5.10. The van der Waals surface area contributed by atoms with Gasteiger partial charge in [-0.3, -0.25) is 19.4 Å². The molecule has 5 rings (SSSR count). The molecule has 4 aromatic rings. The average molecular weight is 402 g/mol. The number of anilines is 1. The van der Waals surface area contributed by atoms with Crippen LogP contribution < -0.4 is 5.32 Å². The van der Waals surface area contributed by atoms with E-state index >= 15 is 0 Å². The fourth-order valence-electron chi connectivity index (χ4n) is 3.66. The van der Waals surface area contributed by atoms with Gasteiger partial charge in [-0.15, -0.1) is 0 Å². The summed E-state index contributed by atoms with van der Waals surface area (Å²) in [6.45, 7) is 0. The lowest BCUT2D eigenvalue weighted by Crippen LogP contribution is -2.25. The molecule has 1 aromatic carbocycles. The summed E-state index contributed by atoms with van der Waals surface area (Å²) in [5.74, 6) is -1.29. The second kappa shape index (κ2) is 6.39. The summed E-state index contributed by atoms with van der Waals surface area (Å²) >= 11 is 6.00. The SMILES string of the molecule is O=C1c2cccnc2C(=O)c2c1c(C(=O)Nc1cccc(Cl)c1)c1ccccn21. The normalized spacial score (nSPS) is 12.6. The maximum atomic E-state index is 13.2. The second-order valence-corrected chi connectivity index (χ2v) is 7.01. The summed E-state index contributed by atoms with van der Waals surface area (Å²) in [7, 11) is 0. The Labute approximate surface area is 169 Å². The van der Waals surface area contributed by atoms with Crippen molar-refractivity contribution in [1.29, 1.82) is 0 Å². The van der Waals surface area contributed by atoms with E-state index in [0.29, 0.717) is 16.2 Å². The Morgan fingerprint density at radius 2 is 1.86 bits per heavy atom. The Morgan fingerprint density at radius 3 is 2.69 bits per heavy atom. The van der Waals surface area contributed by atoms with Crippen LogP contribution in [0.25, 0.3) is 5.52 Å². The molecule has 0 unspecified atom stereocenters. The Bertz CT molecular complexity index is 1360. The van der Waals surface area contributed by atoms with E-state index < -0.39 is 17.5 Å². The molecule has 0 bridgehead atoms. The van der Waals surface area contributed by atoms with Gasteiger partial charge in [-0.05, 0) is 42.5 Å². The van der Waals surface area contributed by atoms with Gasteiger partial charge in [-0.1, -0.05) is 23.7 Å². The number of aromatic nitrogens is 2. The molecule has 7 heteroatoms. The number of ketones is 2. The summed E-state index contributed by atoms with van der Waals surface area (Å²) in [6, 6.07) is 15.0. The molecular formula is C22H12ClN3O3. The first-order valence-electron chi connectivity index (χ1n) is 8.80. The molecule has 6 nitrogen and oxygen atoms in total. The van der Waals surface area contributed by atoms with Gasteiger partial charge < -0.3 is 9.72 Å². The van der Waals surface area contributed by atoms with Crippen LogP contribution >= 0.6 is 11.6 Å². The Kier molecular flexibility index (Phi) is 3.82. The minimum atomic E-state index is -0.495. The highest BCUT2D eigenvalue weighted by molar-refractivity contribution is 6.33. The fourth-order valence-corrected chi connectivity index (χ4v) is 3.85. The lowest BCUT2D eigenvalue weighted by atomic mass is 9.89. The summed E-state index contributed by atoms with van der Waals surface area (Å²) in [5.41, 5.74) is 1.62. The van der Waals surface area contributed by atoms with Gasteiger partial charge in [0.05, 0.1) is 22.2 Å². The largest absolute Gasteiger partial charge is 0.322 e. The molecule has 0 aliphatic heterocycles. The predicted octanol–water partition coefficient (Wildman–Crippen LogP) is 4.02. The highest BCUT2D eigenvalue weighted by Crippen LogP contribution is 2.33. The molecule has 1 aliphatic rings. The first-order chi connectivity index (χ1) is 14.1. The van der Waals surface area contributed by atoms with Crippen molar-refractivity contribution >= 4 is 40.3 Å². The molecule has 3 aromatic heterocycles. The van der Waals surface area contributed by atoms with Crippen LogP contribution in [0.15, 0.2) is 67.0 Å². The summed E-state index contributed by atoms with van der Waals surface area (Å²) < 4.78 is 1.57. The molecule has 0 atom stereocenters. The van der Waals surface area contributed by atoms with E-state index in [1.54, 1.807) is 65.2 Å². The quantitative estimate of drug-likeness (QED) is 0.484. The van der Waals surface area contributed by atoms with Crippen LogP contribution in [0.5, 0.6) is 0 Å². The maximum Gasteiger partial charge on any atom is 0.258 e. The number of pyridine rings is 2. The summed E-state index contributed by atoms with van der Waals surface area (Å²) in [4.78, 5) is 43.6. The van der Waals surface area contributed by atoms with Gasteiger partial charge >= 0.3 is 0 Å². The van der Waals surface area contributed by atoms with Crippen LogP contribution in [0.3, 0.4) is 0 Å². The predicted molar refractivity (Wildman–Crippen MR) is 108 cm³/mol. The maximum absolute atomic E-state index is 13.2. The fraction of sp³-hybridized carbons (Fsp3) is 0. The van der Waals surface area contributed by atoms with E-state index in [1.165, 1.54) is 6.20 Å². The van der Waals surface area contributed by atoms with Crippen molar-refractivity contribution in [2.24, 2.45) is 0 Å². The smallest absolute Gasteiger partial charge is 0.258 e. The lowest BCUT2D eigenvalue weighted by Gasteiger charge is -2.14. The van der Waals surface area contributed by atoms with Crippen molar-refractivity contribution in [3.05, 3.63) is 100 Å². The Morgan fingerprint density at radius 1 is 1.00 bits per heavy atom. The molecule has 1 aliphatic carbocycles. The third kappa shape index (κ3) is 2.57. The number of nitrogens with zero attached hydrogens (tertiary/aromatic N) is 2. The molecule has 0 saturated heterocycles. The molecule has 3 heterocycles. The molecule has 29 heavy (non-hydrogen) atoms. The number of carbonyl (C=O) groups is 3. The number of carbonyl (C=O) groups excluding carboxylic acids is 3. The lowest BCUT2D eigenvalue weighted by molar-refractivity contribution is 0.0965. The Hall–Kier alpha value is -3.77. The molecule has 140 valence electrons. The van der Waals surface area contributed by atoms with Crippen molar-refractivity contribution in [3.8, 4) is 0 Å². The van der Waals surface area contributed by atoms with Crippen molar-refractivity contribution in [1.82, 2.24) is 9.38 Å². The van der Waals surface area contributed by atoms with Gasteiger partial charge in [0.15, 0.2) is 5.78 Å². The molecule has 0 radical (unpaired) electrons. The molecule has 1 N–H and O–H groups in total. The first kappa shape index (κ1) is 17.3. The van der Waals surface area contributed by atoms with Crippen LogP contribution in [0.1, 0.15) is 42.5 Å². The zero-order valence-electron chi connectivity index (χ0n) is 14.8. The van der Waals surface area contributed by atoms with Crippen LogP contribution in [0.2, 0.25) is 5.02 Å². The molecular weight excluding hydrogens is 390 g/mol. The van der Waals surface area contributed by atoms with Crippen LogP contribution in [0, 0.1) is 0 Å². The zero-order valence-corrected chi connectivity index (χ0v) is 15.6. The standard InChI is InChI=1S/C22H12ClN3O3/c23-12-5-3-6-13(11-12)25-22(29)16-15-8-1-2-10-26(15)19-17(16)20(27)14-7-4-9-24-18(14)21(19)28/h1-11H,(H,25,29). The van der Waals surface area contributed by atoms with Gasteiger partial charge in [-0.25, -0.2) is 0 Å². The topological polar surface area (TPSA) is 80.5 Å². The van der Waals surface area contributed by atoms with Crippen molar-refractivity contribution in [3.63, 3.8) is 0 Å². The first-order valence-corrected chi connectivity index (χ1v) is 9.18. The zero-order chi connectivity index (χ0) is 20.1. The van der Waals surface area contributed by atoms with Gasteiger partial charge in [0.1, 0.15) is 11.4 Å². The number of benzene rings is 1. The van der Waals surface area contributed by atoms with Crippen LogP contribution in [-0.4, -0.2) is 26.9 Å². The van der Waals surface area contributed by atoms with Gasteiger partial charge in [-0.2, -0.15) is 0 Å². The van der Waals surface area contributed by atoms with E-state index in [4.69, 9.17) is 11.6 Å². The van der Waals surface area contributed by atoms with Crippen molar-refractivity contribution < 1.29 is 14.4 Å². The molecule has 0 fully saturated rings. The van der Waals surface area contributed by atoms with Crippen molar-refractivity contribution in [2.75, 3.05) is 5.32 Å². The minimum Gasteiger partial charge on any atom is -0.322 e. The molecule has 0 saturated carbocycles. The number of amides is 1. The number of rotatable bonds is 2. The monoisotopic (exact) mass is 401 g/mol. The number of halogens is 1. The van der Waals surface area contributed by atoms with E-state index in [2.05, 4.69) is 10.3 Å². The third-order valence-electron chi connectivity index (χ3n) is 4.86.